The highest BCUT2D eigenvalue weighted by Gasteiger charge is 2.22. The third-order valence-corrected chi connectivity index (χ3v) is 4.59. The van der Waals surface area contributed by atoms with E-state index in [1.54, 1.807) is 6.20 Å². The van der Waals surface area contributed by atoms with E-state index in [-0.39, 0.29) is 5.91 Å². The number of carbonyl (C=O) groups is 1. The molecule has 5 heteroatoms. The fourth-order valence-electron chi connectivity index (χ4n) is 3.00. The Morgan fingerprint density at radius 2 is 2.12 bits per heavy atom. The number of anilines is 1. The Morgan fingerprint density at radius 3 is 2.88 bits per heavy atom. The summed E-state index contributed by atoms with van der Waals surface area (Å²) in [6, 6.07) is 11.4. The van der Waals surface area contributed by atoms with E-state index in [1.807, 2.05) is 41.3 Å². The highest BCUT2D eigenvalue weighted by Crippen LogP contribution is 2.19. The molecule has 0 aliphatic carbocycles. The molecule has 1 N–H and O–H groups in total. The van der Waals surface area contributed by atoms with Gasteiger partial charge in [0, 0.05) is 36.5 Å². The number of halogens is 1. The Bertz CT molecular complexity index is 702. The maximum atomic E-state index is 12.6. The number of rotatable bonds is 4. The highest BCUT2D eigenvalue weighted by atomic mass is 35.5. The summed E-state index contributed by atoms with van der Waals surface area (Å²) in [5, 5.41) is 4.06. The maximum Gasteiger partial charge on any atom is 0.272 e. The maximum absolute atomic E-state index is 12.6. The van der Waals surface area contributed by atoms with E-state index in [0.717, 1.165) is 35.8 Å². The van der Waals surface area contributed by atoms with Gasteiger partial charge in [-0.2, -0.15) is 0 Å². The monoisotopic (exact) mass is 343 g/mol. The van der Waals surface area contributed by atoms with Gasteiger partial charge in [-0.1, -0.05) is 30.7 Å². The summed E-state index contributed by atoms with van der Waals surface area (Å²) < 4.78 is 0. The van der Waals surface area contributed by atoms with Gasteiger partial charge in [-0.05, 0) is 48.6 Å². The minimum Gasteiger partial charge on any atom is -0.381 e. The zero-order chi connectivity index (χ0) is 16.9. The molecule has 126 valence electrons. The molecule has 1 aliphatic rings. The summed E-state index contributed by atoms with van der Waals surface area (Å²) in [6.45, 7) is 4.52. The second-order valence-corrected chi connectivity index (χ2v) is 6.84. The van der Waals surface area contributed by atoms with Crippen LogP contribution in [0.1, 0.15) is 35.8 Å². The molecule has 0 bridgehead atoms. The minimum absolute atomic E-state index is 0.0247. The number of piperidine rings is 1. The molecule has 1 saturated heterocycles. The molecular formula is C19H22ClN3O. The van der Waals surface area contributed by atoms with Crippen LogP contribution in [0.25, 0.3) is 0 Å². The van der Waals surface area contributed by atoms with Crippen LogP contribution in [0.5, 0.6) is 0 Å². The number of nitrogens with zero attached hydrogens (tertiary/aromatic N) is 2. The summed E-state index contributed by atoms with van der Waals surface area (Å²) in [5.41, 5.74) is 2.53. The van der Waals surface area contributed by atoms with Gasteiger partial charge in [0.1, 0.15) is 5.69 Å². The molecule has 1 aromatic heterocycles. The van der Waals surface area contributed by atoms with Crippen molar-refractivity contribution in [1.29, 1.82) is 0 Å². The smallest absolute Gasteiger partial charge is 0.272 e. The van der Waals surface area contributed by atoms with Crippen LogP contribution in [-0.4, -0.2) is 28.9 Å². The summed E-state index contributed by atoms with van der Waals surface area (Å²) in [7, 11) is 0. The summed E-state index contributed by atoms with van der Waals surface area (Å²) in [4.78, 5) is 18.8. The Balaban J connectivity index is 1.65. The van der Waals surface area contributed by atoms with Gasteiger partial charge in [0.05, 0.1) is 0 Å². The van der Waals surface area contributed by atoms with Crippen molar-refractivity contribution in [2.24, 2.45) is 5.92 Å². The van der Waals surface area contributed by atoms with Crippen LogP contribution in [0, 0.1) is 5.92 Å². The zero-order valence-electron chi connectivity index (χ0n) is 13.8. The second-order valence-electron chi connectivity index (χ2n) is 6.41. The molecule has 2 heterocycles. The van der Waals surface area contributed by atoms with Gasteiger partial charge in [0.25, 0.3) is 5.91 Å². The number of carbonyl (C=O) groups excluding carboxylic acids is 1. The molecule has 1 fully saturated rings. The first-order valence-electron chi connectivity index (χ1n) is 8.35. The molecule has 24 heavy (non-hydrogen) atoms. The topological polar surface area (TPSA) is 45.2 Å². The van der Waals surface area contributed by atoms with Gasteiger partial charge in [0.2, 0.25) is 0 Å². The number of hydrogen-bond donors (Lipinski definition) is 1. The van der Waals surface area contributed by atoms with Gasteiger partial charge in [-0.25, -0.2) is 0 Å². The van der Waals surface area contributed by atoms with Gasteiger partial charge < -0.3 is 10.2 Å². The molecule has 1 aliphatic heterocycles. The highest BCUT2D eigenvalue weighted by molar-refractivity contribution is 6.30. The average Bonchev–Trinajstić information content (AvgIpc) is 2.61. The second kappa shape index (κ2) is 7.67. The van der Waals surface area contributed by atoms with E-state index in [0.29, 0.717) is 18.2 Å². The average molecular weight is 344 g/mol. The lowest BCUT2D eigenvalue weighted by molar-refractivity contribution is 0.0677. The summed E-state index contributed by atoms with van der Waals surface area (Å²) in [5.74, 6) is 0.589. The first-order chi connectivity index (χ1) is 11.6. The molecule has 4 nitrogen and oxygen atoms in total. The number of hydrogen-bond acceptors (Lipinski definition) is 3. The number of likely N-dealkylation sites (tertiary alicyclic amines) is 1. The predicted octanol–water partition coefficient (Wildman–Crippen LogP) is 4.22. The van der Waals surface area contributed by atoms with Crippen molar-refractivity contribution in [1.82, 2.24) is 9.88 Å². The van der Waals surface area contributed by atoms with Crippen LogP contribution < -0.4 is 5.32 Å². The zero-order valence-corrected chi connectivity index (χ0v) is 14.6. The summed E-state index contributed by atoms with van der Waals surface area (Å²) in [6.07, 6.45) is 3.95. The Kier molecular flexibility index (Phi) is 5.36. The molecule has 0 radical (unpaired) electrons. The quantitative estimate of drug-likeness (QED) is 0.904. The third-order valence-electron chi connectivity index (χ3n) is 4.33. The lowest BCUT2D eigenvalue weighted by Gasteiger charge is -2.30. The van der Waals surface area contributed by atoms with Crippen LogP contribution in [0.3, 0.4) is 0 Å². The first-order valence-corrected chi connectivity index (χ1v) is 8.73. The fourth-order valence-corrected chi connectivity index (χ4v) is 3.13. The van der Waals surface area contributed by atoms with Crippen molar-refractivity contribution in [2.45, 2.75) is 26.3 Å². The predicted molar refractivity (Wildman–Crippen MR) is 97.3 cm³/mol. The van der Waals surface area contributed by atoms with Gasteiger partial charge in [-0.3, -0.25) is 9.78 Å². The van der Waals surface area contributed by atoms with E-state index in [4.69, 9.17) is 11.6 Å². The molecule has 3 rings (SSSR count). The number of pyridine rings is 1. The largest absolute Gasteiger partial charge is 0.381 e. The van der Waals surface area contributed by atoms with Gasteiger partial charge in [-0.15, -0.1) is 0 Å². The number of aromatic nitrogens is 1. The van der Waals surface area contributed by atoms with E-state index in [1.165, 1.54) is 6.42 Å². The molecule has 0 saturated carbocycles. The van der Waals surface area contributed by atoms with E-state index in [9.17, 15) is 4.79 Å². The van der Waals surface area contributed by atoms with Crippen LogP contribution in [0.4, 0.5) is 5.69 Å². The van der Waals surface area contributed by atoms with Crippen molar-refractivity contribution in [3.05, 3.63) is 58.9 Å². The molecule has 1 aromatic carbocycles. The lowest BCUT2D eigenvalue weighted by Crippen LogP contribution is -2.39. The van der Waals surface area contributed by atoms with Crippen LogP contribution in [0.15, 0.2) is 42.6 Å². The van der Waals surface area contributed by atoms with Gasteiger partial charge in [0.15, 0.2) is 0 Å². The van der Waals surface area contributed by atoms with E-state index >= 15 is 0 Å². The molecule has 1 unspecified atom stereocenters. The Labute approximate surface area is 147 Å². The molecule has 1 amide bonds. The fraction of sp³-hybridized carbons (Fsp3) is 0.368. The van der Waals surface area contributed by atoms with Crippen LogP contribution in [-0.2, 0) is 6.54 Å². The minimum atomic E-state index is 0.0247. The lowest BCUT2D eigenvalue weighted by atomic mass is 10.00. The molecule has 0 spiro atoms. The number of nitrogens with one attached hydrogen (secondary N) is 1. The summed E-state index contributed by atoms with van der Waals surface area (Å²) >= 11 is 5.90. The van der Waals surface area contributed by atoms with Crippen molar-refractivity contribution in [3.63, 3.8) is 0 Å². The molecule has 2 aromatic rings. The molecule has 1 atom stereocenters. The first kappa shape index (κ1) is 16.8. The van der Waals surface area contributed by atoms with E-state index in [2.05, 4.69) is 17.2 Å². The van der Waals surface area contributed by atoms with Crippen molar-refractivity contribution in [2.75, 3.05) is 18.4 Å². The Morgan fingerprint density at radius 1 is 1.33 bits per heavy atom. The molecular weight excluding hydrogens is 322 g/mol. The van der Waals surface area contributed by atoms with E-state index < -0.39 is 0 Å². The van der Waals surface area contributed by atoms with Crippen LogP contribution >= 0.6 is 11.6 Å². The normalized spacial score (nSPS) is 17.6. The number of benzene rings is 1. The SMILES string of the molecule is CC1CCCN(C(=O)c2cc(NCc3ccc(Cl)cc3)ccn2)C1. The van der Waals surface area contributed by atoms with Gasteiger partial charge >= 0.3 is 0 Å². The number of amides is 1. The van der Waals surface area contributed by atoms with Crippen molar-refractivity contribution in [3.8, 4) is 0 Å². The Hall–Kier alpha value is -2.07. The van der Waals surface area contributed by atoms with Crippen LogP contribution in [0.2, 0.25) is 5.02 Å². The third kappa shape index (κ3) is 4.26. The van der Waals surface area contributed by atoms with Crippen molar-refractivity contribution < 1.29 is 4.79 Å². The van der Waals surface area contributed by atoms with Crippen molar-refractivity contribution >= 4 is 23.2 Å². The standard InChI is InChI=1S/C19H22ClN3O/c1-14-3-2-10-23(13-14)19(24)18-11-17(8-9-21-18)22-12-15-4-6-16(20)7-5-15/h4-9,11,14H,2-3,10,12-13H2,1H3,(H,21,22).